The van der Waals surface area contributed by atoms with Crippen LogP contribution in [0.25, 0.3) is 0 Å². The van der Waals surface area contributed by atoms with Crippen LogP contribution in [0.1, 0.15) is 17.0 Å². The van der Waals surface area contributed by atoms with Crippen molar-refractivity contribution >= 4 is 5.97 Å². The number of rotatable bonds is 5. The van der Waals surface area contributed by atoms with Crippen molar-refractivity contribution < 1.29 is 24.1 Å². The van der Waals surface area contributed by atoms with Crippen LogP contribution in [-0.4, -0.2) is 37.9 Å². The van der Waals surface area contributed by atoms with Gasteiger partial charge in [-0.25, -0.2) is 0 Å². The van der Waals surface area contributed by atoms with Crippen LogP contribution in [0.2, 0.25) is 0 Å². The molecule has 2 rings (SSSR count). The number of benzene rings is 1. The SMILES string of the molecule is COCc1c(C(CN)C(=O)O)ccc2c1OCCO2. The van der Waals surface area contributed by atoms with Gasteiger partial charge in [0.25, 0.3) is 0 Å². The molecule has 1 aliphatic heterocycles. The van der Waals surface area contributed by atoms with Crippen molar-refractivity contribution in [3.05, 3.63) is 23.3 Å². The Kier molecular flexibility index (Phi) is 4.24. The number of carbonyl (C=O) groups is 1. The van der Waals surface area contributed by atoms with E-state index in [1.165, 1.54) is 0 Å². The van der Waals surface area contributed by atoms with E-state index in [9.17, 15) is 9.90 Å². The molecule has 1 aliphatic rings. The summed E-state index contributed by atoms with van der Waals surface area (Å²) in [5, 5.41) is 9.23. The van der Waals surface area contributed by atoms with E-state index in [0.717, 1.165) is 0 Å². The molecule has 0 fully saturated rings. The third kappa shape index (κ3) is 2.64. The van der Waals surface area contributed by atoms with Gasteiger partial charge in [-0.15, -0.1) is 0 Å². The van der Waals surface area contributed by atoms with Crippen molar-refractivity contribution in [1.82, 2.24) is 0 Å². The summed E-state index contributed by atoms with van der Waals surface area (Å²) in [7, 11) is 1.55. The highest BCUT2D eigenvalue weighted by molar-refractivity contribution is 5.77. The molecule has 0 radical (unpaired) electrons. The molecule has 3 N–H and O–H groups in total. The number of aliphatic carboxylic acids is 1. The maximum absolute atomic E-state index is 11.3. The van der Waals surface area contributed by atoms with Crippen molar-refractivity contribution in [2.24, 2.45) is 5.73 Å². The maximum atomic E-state index is 11.3. The Hall–Kier alpha value is -1.79. The minimum absolute atomic E-state index is 0.0195. The highest BCUT2D eigenvalue weighted by atomic mass is 16.6. The molecule has 104 valence electrons. The molecule has 0 amide bonds. The van der Waals surface area contributed by atoms with Gasteiger partial charge in [0.2, 0.25) is 0 Å². The number of hydrogen-bond donors (Lipinski definition) is 2. The molecule has 1 aromatic rings. The molecule has 1 atom stereocenters. The summed E-state index contributed by atoms with van der Waals surface area (Å²) >= 11 is 0. The van der Waals surface area contributed by atoms with Gasteiger partial charge in [0.05, 0.1) is 12.5 Å². The fraction of sp³-hybridized carbons (Fsp3) is 0.462. The van der Waals surface area contributed by atoms with Crippen LogP contribution in [0.4, 0.5) is 0 Å². The Morgan fingerprint density at radius 1 is 1.47 bits per heavy atom. The van der Waals surface area contributed by atoms with E-state index in [1.807, 2.05) is 0 Å². The Morgan fingerprint density at radius 3 is 2.84 bits per heavy atom. The minimum Gasteiger partial charge on any atom is -0.486 e. The Morgan fingerprint density at radius 2 is 2.21 bits per heavy atom. The predicted molar refractivity (Wildman–Crippen MR) is 67.6 cm³/mol. The number of fused-ring (bicyclic) bond motifs is 1. The topological polar surface area (TPSA) is 91.0 Å². The zero-order valence-electron chi connectivity index (χ0n) is 10.7. The van der Waals surface area contributed by atoms with Gasteiger partial charge in [0.1, 0.15) is 13.2 Å². The van der Waals surface area contributed by atoms with Crippen molar-refractivity contribution in [2.75, 3.05) is 26.9 Å². The highest BCUT2D eigenvalue weighted by Gasteiger charge is 2.26. The lowest BCUT2D eigenvalue weighted by Gasteiger charge is -2.24. The summed E-state index contributed by atoms with van der Waals surface area (Å²) in [6.45, 7) is 1.20. The average molecular weight is 267 g/mol. The van der Waals surface area contributed by atoms with E-state index in [0.29, 0.717) is 35.8 Å². The molecule has 6 nitrogen and oxygen atoms in total. The summed E-state index contributed by atoms with van der Waals surface area (Å²) in [6.07, 6.45) is 0. The van der Waals surface area contributed by atoms with Crippen LogP contribution in [0.5, 0.6) is 11.5 Å². The van der Waals surface area contributed by atoms with Crippen molar-refractivity contribution in [3.8, 4) is 11.5 Å². The lowest BCUT2D eigenvalue weighted by Crippen LogP contribution is -2.24. The van der Waals surface area contributed by atoms with Crippen molar-refractivity contribution in [2.45, 2.75) is 12.5 Å². The Bertz CT molecular complexity index is 474. The standard InChI is InChI=1S/C13H17NO5/c1-17-7-10-8(9(6-14)13(15)16)2-3-11-12(10)19-5-4-18-11/h2-3,9H,4-7,14H2,1H3,(H,15,16). The van der Waals surface area contributed by atoms with Crippen LogP contribution in [0, 0.1) is 0 Å². The van der Waals surface area contributed by atoms with Gasteiger partial charge in [0, 0.05) is 19.2 Å². The molecule has 0 saturated heterocycles. The van der Waals surface area contributed by atoms with Gasteiger partial charge in [0.15, 0.2) is 11.5 Å². The third-order valence-electron chi connectivity index (χ3n) is 3.05. The van der Waals surface area contributed by atoms with E-state index in [1.54, 1.807) is 19.2 Å². The first-order valence-corrected chi connectivity index (χ1v) is 6.02. The first-order chi connectivity index (χ1) is 9.19. The first kappa shape index (κ1) is 13.6. The highest BCUT2D eigenvalue weighted by Crippen LogP contribution is 2.38. The van der Waals surface area contributed by atoms with Crippen molar-refractivity contribution in [3.63, 3.8) is 0 Å². The Balaban J connectivity index is 2.50. The van der Waals surface area contributed by atoms with Crippen LogP contribution in [0.15, 0.2) is 12.1 Å². The quantitative estimate of drug-likeness (QED) is 0.817. The molecule has 1 aromatic carbocycles. The Labute approximate surface area is 111 Å². The van der Waals surface area contributed by atoms with E-state index < -0.39 is 11.9 Å². The third-order valence-corrected chi connectivity index (χ3v) is 3.05. The van der Waals surface area contributed by atoms with Crippen molar-refractivity contribution in [1.29, 1.82) is 0 Å². The fourth-order valence-corrected chi connectivity index (χ4v) is 2.17. The lowest BCUT2D eigenvalue weighted by atomic mass is 9.93. The molecule has 0 spiro atoms. The molecule has 0 aliphatic carbocycles. The molecular formula is C13H17NO5. The van der Waals surface area contributed by atoms with E-state index >= 15 is 0 Å². The van der Waals surface area contributed by atoms with Gasteiger partial charge in [-0.1, -0.05) is 6.07 Å². The smallest absolute Gasteiger partial charge is 0.312 e. The van der Waals surface area contributed by atoms with Crippen LogP contribution >= 0.6 is 0 Å². The number of carboxylic acid groups (broad SMARTS) is 1. The van der Waals surface area contributed by atoms with Gasteiger partial charge < -0.3 is 25.1 Å². The minimum atomic E-state index is -0.962. The lowest BCUT2D eigenvalue weighted by molar-refractivity contribution is -0.138. The summed E-state index contributed by atoms with van der Waals surface area (Å²) in [4.78, 5) is 11.3. The van der Waals surface area contributed by atoms with Gasteiger partial charge in [-0.05, 0) is 11.6 Å². The number of methoxy groups -OCH3 is 1. The van der Waals surface area contributed by atoms with Crippen LogP contribution in [0.3, 0.4) is 0 Å². The molecule has 1 heterocycles. The van der Waals surface area contributed by atoms with E-state index in [4.69, 9.17) is 19.9 Å². The number of carboxylic acids is 1. The molecular weight excluding hydrogens is 250 g/mol. The summed E-state index contributed by atoms with van der Waals surface area (Å²) in [5.41, 5.74) is 6.86. The van der Waals surface area contributed by atoms with E-state index in [-0.39, 0.29) is 13.2 Å². The van der Waals surface area contributed by atoms with Gasteiger partial charge in [-0.3, -0.25) is 4.79 Å². The largest absolute Gasteiger partial charge is 0.486 e. The second kappa shape index (κ2) is 5.90. The van der Waals surface area contributed by atoms with Gasteiger partial charge in [-0.2, -0.15) is 0 Å². The number of hydrogen-bond acceptors (Lipinski definition) is 5. The first-order valence-electron chi connectivity index (χ1n) is 6.02. The average Bonchev–Trinajstić information content (AvgIpc) is 2.41. The normalized spacial score (nSPS) is 15.1. The fourth-order valence-electron chi connectivity index (χ4n) is 2.17. The molecule has 6 heteroatoms. The summed E-state index contributed by atoms with van der Waals surface area (Å²) in [6, 6.07) is 3.43. The molecule has 0 aromatic heterocycles. The zero-order chi connectivity index (χ0) is 13.8. The molecule has 0 bridgehead atoms. The molecule has 19 heavy (non-hydrogen) atoms. The number of nitrogens with two attached hydrogens (primary N) is 1. The predicted octanol–water partition coefficient (Wildman–Crippen LogP) is 0.731. The second-order valence-corrected chi connectivity index (χ2v) is 4.22. The van der Waals surface area contributed by atoms with Crippen LogP contribution < -0.4 is 15.2 Å². The molecule has 1 unspecified atom stereocenters. The molecule has 0 saturated carbocycles. The summed E-state index contributed by atoms with van der Waals surface area (Å²) in [5.74, 6) is -0.564. The van der Waals surface area contributed by atoms with Gasteiger partial charge >= 0.3 is 5.97 Å². The maximum Gasteiger partial charge on any atom is 0.312 e. The number of ether oxygens (including phenoxy) is 3. The monoisotopic (exact) mass is 267 g/mol. The van der Waals surface area contributed by atoms with E-state index in [2.05, 4.69) is 0 Å². The van der Waals surface area contributed by atoms with Crippen LogP contribution in [-0.2, 0) is 16.1 Å². The summed E-state index contributed by atoms with van der Waals surface area (Å²) < 4.78 is 16.2. The second-order valence-electron chi connectivity index (χ2n) is 4.22. The zero-order valence-corrected chi connectivity index (χ0v) is 10.7.